The van der Waals surface area contributed by atoms with E-state index >= 15 is 0 Å². The molecule has 1 heterocycles. The number of thiazole rings is 1. The lowest BCUT2D eigenvalue weighted by Gasteiger charge is -2.14. The number of rotatable bonds is 7. The Labute approximate surface area is 103 Å². The molecule has 1 aromatic heterocycles. The third-order valence-electron chi connectivity index (χ3n) is 2.30. The first-order valence-electron chi connectivity index (χ1n) is 5.93. The maximum Gasteiger partial charge on any atom is 0.0897 e. The minimum Gasteiger partial charge on any atom is -0.315 e. The van der Waals surface area contributed by atoms with E-state index in [0.717, 1.165) is 30.3 Å². The zero-order valence-corrected chi connectivity index (χ0v) is 11.5. The van der Waals surface area contributed by atoms with Crippen molar-refractivity contribution < 1.29 is 0 Å². The molecule has 92 valence electrons. The van der Waals surface area contributed by atoms with E-state index in [9.17, 15) is 0 Å². The fourth-order valence-corrected chi connectivity index (χ4v) is 2.04. The molecule has 2 N–H and O–H groups in total. The molecule has 16 heavy (non-hydrogen) atoms. The van der Waals surface area contributed by atoms with E-state index in [0.29, 0.717) is 12.0 Å². The van der Waals surface area contributed by atoms with Gasteiger partial charge < -0.3 is 10.6 Å². The van der Waals surface area contributed by atoms with Gasteiger partial charge in [-0.05, 0) is 26.3 Å². The molecule has 0 saturated carbocycles. The molecule has 0 bridgehead atoms. The minimum atomic E-state index is 0.487. The molecule has 0 aliphatic rings. The summed E-state index contributed by atoms with van der Waals surface area (Å²) in [6.45, 7) is 11.7. The Hall–Kier alpha value is -0.450. The van der Waals surface area contributed by atoms with Crippen LogP contribution in [0, 0.1) is 12.8 Å². The first-order valence-corrected chi connectivity index (χ1v) is 6.81. The van der Waals surface area contributed by atoms with Gasteiger partial charge in [-0.15, -0.1) is 11.3 Å². The predicted molar refractivity (Wildman–Crippen MR) is 70.9 cm³/mol. The number of nitrogens with one attached hydrogen (secondary N) is 2. The van der Waals surface area contributed by atoms with Crippen LogP contribution in [0.5, 0.6) is 0 Å². The number of hydrogen-bond acceptors (Lipinski definition) is 4. The van der Waals surface area contributed by atoms with Crippen LogP contribution in [0.3, 0.4) is 0 Å². The maximum absolute atomic E-state index is 4.43. The molecule has 3 nitrogen and oxygen atoms in total. The van der Waals surface area contributed by atoms with E-state index in [4.69, 9.17) is 0 Å². The first-order chi connectivity index (χ1) is 7.58. The van der Waals surface area contributed by atoms with E-state index in [1.807, 2.05) is 6.92 Å². The second-order valence-electron chi connectivity index (χ2n) is 4.69. The Morgan fingerprint density at radius 1 is 1.31 bits per heavy atom. The number of aromatic nitrogens is 1. The zero-order valence-electron chi connectivity index (χ0n) is 10.7. The molecule has 0 aliphatic carbocycles. The summed E-state index contributed by atoms with van der Waals surface area (Å²) in [6, 6.07) is 0.487. The quantitative estimate of drug-likeness (QED) is 0.768. The molecule has 0 saturated heterocycles. The average Bonchev–Trinajstić information content (AvgIpc) is 2.61. The summed E-state index contributed by atoms with van der Waals surface area (Å²) in [6.07, 6.45) is 0. The highest BCUT2D eigenvalue weighted by molar-refractivity contribution is 7.09. The van der Waals surface area contributed by atoms with Gasteiger partial charge >= 0.3 is 0 Å². The topological polar surface area (TPSA) is 37.0 Å². The Morgan fingerprint density at radius 3 is 2.62 bits per heavy atom. The summed E-state index contributed by atoms with van der Waals surface area (Å²) >= 11 is 1.71. The van der Waals surface area contributed by atoms with Gasteiger partial charge in [-0.3, -0.25) is 0 Å². The summed E-state index contributed by atoms with van der Waals surface area (Å²) in [4.78, 5) is 4.43. The zero-order chi connectivity index (χ0) is 12.0. The van der Waals surface area contributed by atoms with Gasteiger partial charge in [0, 0.05) is 24.5 Å². The summed E-state index contributed by atoms with van der Waals surface area (Å²) < 4.78 is 0. The maximum atomic E-state index is 4.43. The molecule has 0 aliphatic heterocycles. The van der Waals surface area contributed by atoms with Gasteiger partial charge in [0.15, 0.2) is 0 Å². The van der Waals surface area contributed by atoms with Crippen LogP contribution in [0.1, 0.15) is 31.5 Å². The Morgan fingerprint density at radius 2 is 2.06 bits per heavy atom. The molecular weight excluding hydrogens is 218 g/mol. The minimum absolute atomic E-state index is 0.487. The molecule has 0 fully saturated rings. The van der Waals surface area contributed by atoms with E-state index < -0.39 is 0 Å². The molecule has 1 rings (SSSR count). The van der Waals surface area contributed by atoms with Crippen LogP contribution in [0.25, 0.3) is 0 Å². The van der Waals surface area contributed by atoms with Crippen LogP contribution in [0.15, 0.2) is 5.38 Å². The first kappa shape index (κ1) is 13.6. The van der Waals surface area contributed by atoms with Crippen molar-refractivity contribution in [3.8, 4) is 0 Å². The SMILES string of the molecule is Cc1nc(CNC(C)CNCC(C)C)cs1. The number of nitrogens with zero attached hydrogens (tertiary/aromatic N) is 1. The molecule has 4 heteroatoms. The van der Waals surface area contributed by atoms with Crippen LogP contribution in [-0.2, 0) is 6.54 Å². The highest BCUT2D eigenvalue weighted by Gasteiger charge is 2.03. The monoisotopic (exact) mass is 241 g/mol. The average molecular weight is 241 g/mol. The van der Waals surface area contributed by atoms with Crippen molar-refractivity contribution in [3.63, 3.8) is 0 Å². The van der Waals surface area contributed by atoms with Gasteiger partial charge in [-0.2, -0.15) is 0 Å². The second kappa shape index (κ2) is 6.99. The van der Waals surface area contributed by atoms with Crippen molar-refractivity contribution in [2.45, 2.75) is 40.3 Å². The standard InChI is InChI=1S/C12H23N3S/c1-9(2)5-13-6-10(3)14-7-12-8-16-11(4)15-12/h8-10,13-14H,5-7H2,1-4H3. The highest BCUT2D eigenvalue weighted by Crippen LogP contribution is 2.07. The summed E-state index contributed by atoms with van der Waals surface area (Å²) in [5.74, 6) is 0.716. The fourth-order valence-electron chi connectivity index (χ4n) is 1.43. The van der Waals surface area contributed by atoms with E-state index in [1.165, 1.54) is 0 Å². The molecule has 0 amide bonds. The lowest BCUT2D eigenvalue weighted by molar-refractivity contribution is 0.470. The molecule has 1 unspecified atom stereocenters. The largest absolute Gasteiger partial charge is 0.315 e. The van der Waals surface area contributed by atoms with E-state index in [-0.39, 0.29) is 0 Å². The van der Waals surface area contributed by atoms with Crippen LogP contribution in [0.2, 0.25) is 0 Å². The van der Waals surface area contributed by atoms with Crippen molar-refractivity contribution >= 4 is 11.3 Å². The van der Waals surface area contributed by atoms with Crippen LogP contribution >= 0.6 is 11.3 Å². The van der Waals surface area contributed by atoms with Crippen molar-refractivity contribution in [1.29, 1.82) is 0 Å². The molecule has 0 spiro atoms. The Kier molecular flexibility index (Phi) is 5.95. The van der Waals surface area contributed by atoms with Gasteiger partial charge in [-0.25, -0.2) is 4.98 Å². The molecule has 1 aromatic rings. The Bertz CT molecular complexity index is 296. The van der Waals surface area contributed by atoms with Gasteiger partial charge in [0.05, 0.1) is 10.7 Å². The molecule has 0 aromatic carbocycles. The van der Waals surface area contributed by atoms with Crippen molar-refractivity contribution in [2.24, 2.45) is 5.92 Å². The Balaban J connectivity index is 2.12. The molecule has 0 radical (unpaired) electrons. The van der Waals surface area contributed by atoms with E-state index in [2.05, 4.69) is 41.8 Å². The molecular formula is C12H23N3S. The van der Waals surface area contributed by atoms with Gasteiger partial charge in [0.2, 0.25) is 0 Å². The second-order valence-corrected chi connectivity index (χ2v) is 5.75. The van der Waals surface area contributed by atoms with Gasteiger partial charge in [0.1, 0.15) is 0 Å². The fraction of sp³-hybridized carbons (Fsp3) is 0.750. The predicted octanol–water partition coefficient (Wildman–Crippen LogP) is 2.18. The lowest BCUT2D eigenvalue weighted by Crippen LogP contribution is -2.37. The summed E-state index contributed by atoms with van der Waals surface area (Å²) in [5, 5.41) is 10.2. The third kappa shape index (κ3) is 5.58. The van der Waals surface area contributed by atoms with Crippen molar-refractivity contribution in [3.05, 3.63) is 16.1 Å². The molecule has 1 atom stereocenters. The third-order valence-corrected chi connectivity index (χ3v) is 3.12. The van der Waals surface area contributed by atoms with E-state index in [1.54, 1.807) is 11.3 Å². The highest BCUT2D eigenvalue weighted by atomic mass is 32.1. The van der Waals surface area contributed by atoms with Crippen molar-refractivity contribution in [2.75, 3.05) is 13.1 Å². The van der Waals surface area contributed by atoms with Gasteiger partial charge in [-0.1, -0.05) is 13.8 Å². The summed E-state index contributed by atoms with van der Waals surface area (Å²) in [5.41, 5.74) is 1.15. The van der Waals surface area contributed by atoms with Crippen LogP contribution < -0.4 is 10.6 Å². The summed E-state index contributed by atoms with van der Waals surface area (Å²) in [7, 11) is 0. The number of hydrogen-bond donors (Lipinski definition) is 2. The lowest BCUT2D eigenvalue weighted by atomic mass is 10.2. The normalized spacial score (nSPS) is 13.3. The van der Waals surface area contributed by atoms with Gasteiger partial charge in [0.25, 0.3) is 0 Å². The smallest absolute Gasteiger partial charge is 0.0897 e. The number of aryl methyl sites for hydroxylation is 1. The van der Waals surface area contributed by atoms with Crippen LogP contribution in [-0.4, -0.2) is 24.1 Å². The van der Waals surface area contributed by atoms with Crippen LogP contribution in [0.4, 0.5) is 0 Å². The van der Waals surface area contributed by atoms with Crippen molar-refractivity contribution in [1.82, 2.24) is 15.6 Å².